The van der Waals surface area contributed by atoms with Crippen LogP contribution in [0.15, 0.2) is 24.4 Å². The third kappa shape index (κ3) is 1.38. The van der Waals surface area contributed by atoms with Crippen LogP contribution in [0, 0.1) is 11.3 Å². The standard InChI is InChI=1S/C12H10N6/c1-17(2)9-3-4-10-11(5-9)18-12(16-15-10)8(6-13)7-14-18/h3-5,7H,1-2H3. The van der Waals surface area contributed by atoms with Crippen LogP contribution in [0.2, 0.25) is 0 Å². The first-order valence-electron chi connectivity index (χ1n) is 5.42. The Balaban J connectivity index is 2.41. The van der Waals surface area contributed by atoms with Crippen LogP contribution in [-0.2, 0) is 0 Å². The van der Waals surface area contributed by atoms with E-state index in [0.29, 0.717) is 11.2 Å². The molecule has 3 aromatic rings. The van der Waals surface area contributed by atoms with Crippen molar-refractivity contribution in [2.24, 2.45) is 0 Å². The molecule has 6 heteroatoms. The summed E-state index contributed by atoms with van der Waals surface area (Å²) in [4.78, 5) is 2.00. The predicted molar refractivity (Wildman–Crippen MR) is 67.3 cm³/mol. The molecule has 18 heavy (non-hydrogen) atoms. The molecule has 2 heterocycles. The molecule has 88 valence electrons. The zero-order valence-electron chi connectivity index (χ0n) is 9.99. The maximum absolute atomic E-state index is 8.96. The molecule has 2 aromatic heterocycles. The zero-order valence-corrected chi connectivity index (χ0v) is 9.99. The molecule has 0 aliphatic carbocycles. The summed E-state index contributed by atoms with van der Waals surface area (Å²) >= 11 is 0. The van der Waals surface area contributed by atoms with Gasteiger partial charge in [0, 0.05) is 19.8 Å². The Morgan fingerprint density at radius 3 is 2.83 bits per heavy atom. The lowest BCUT2D eigenvalue weighted by atomic mass is 10.2. The fourth-order valence-electron chi connectivity index (χ4n) is 1.84. The van der Waals surface area contributed by atoms with E-state index in [4.69, 9.17) is 5.26 Å². The molecule has 6 nitrogen and oxygen atoms in total. The lowest BCUT2D eigenvalue weighted by molar-refractivity contribution is 0.941. The van der Waals surface area contributed by atoms with Crippen LogP contribution < -0.4 is 4.90 Å². The minimum absolute atomic E-state index is 0.430. The lowest BCUT2D eigenvalue weighted by Crippen LogP contribution is -2.09. The maximum atomic E-state index is 8.96. The van der Waals surface area contributed by atoms with Crippen molar-refractivity contribution in [3.05, 3.63) is 30.0 Å². The van der Waals surface area contributed by atoms with E-state index in [1.165, 1.54) is 6.20 Å². The number of nitrogens with zero attached hydrogens (tertiary/aromatic N) is 6. The number of fused-ring (bicyclic) bond motifs is 3. The van der Waals surface area contributed by atoms with Gasteiger partial charge in [0.05, 0.1) is 11.7 Å². The second kappa shape index (κ2) is 3.67. The van der Waals surface area contributed by atoms with Gasteiger partial charge in [-0.05, 0) is 18.2 Å². The summed E-state index contributed by atoms with van der Waals surface area (Å²) in [6, 6.07) is 7.90. The van der Waals surface area contributed by atoms with Crippen molar-refractivity contribution in [2.75, 3.05) is 19.0 Å². The van der Waals surface area contributed by atoms with E-state index in [0.717, 1.165) is 16.7 Å². The minimum atomic E-state index is 0.430. The van der Waals surface area contributed by atoms with Gasteiger partial charge in [-0.3, -0.25) is 0 Å². The average Bonchev–Trinajstić information content (AvgIpc) is 2.81. The molecular formula is C12H10N6. The van der Waals surface area contributed by atoms with Crippen molar-refractivity contribution in [3.63, 3.8) is 0 Å². The zero-order chi connectivity index (χ0) is 12.7. The largest absolute Gasteiger partial charge is 0.378 e. The molecule has 1 aromatic carbocycles. The Bertz CT molecular complexity index is 780. The predicted octanol–water partition coefficient (Wildman–Crippen LogP) is 1.22. The van der Waals surface area contributed by atoms with Crippen molar-refractivity contribution in [2.45, 2.75) is 0 Å². The average molecular weight is 238 g/mol. The number of hydrogen-bond acceptors (Lipinski definition) is 5. The lowest BCUT2D eigenvalue weighted by Gasteiger charge is -2.12. The molecule has 0 fully saturated rings. The van der Waals surface area contributed by atoms with E-state index in [1.54, 1.807) is 4.52 Å². The van der Waals surface area contributed by atoms with Gasteiger partial charge in [-0.25, -0.2) is 4.52 Å². The van der Waals surface area contributed by atoms with E-state index >= 15 is 0 Å². The van der Waals surface area contributed by atoms with Crippen LogP contribution in [-0.4, -0.2) is 33.9 Å². The summed E-state index contributed by atoms with van der Waals surface area (Å²) in [6.45, 7) is 0. The van der Waals surface area contributed by atoms with Crippen molar-refractivity contribution in [1.82, 2.24) is 19.8 Å². The number of anilines is 1. The van der Waals surface area contributed by atoms with Crippen LogP contribution in [0.5, 0.6) is 0 Å². The highest BCUT2D eigenvalue weighted by molar-refractivity contribution is 5.81. The topological polar surface area (TPSA) is 70.1 Å². The van der Waals surface area contributed by atoms with E-state index in [-0.39, 0.29) is 0 Å². The summed E-state index contributed by atoms with van der Waals surface area (Å²) in [7, 11) is 3.94. The fourth-order valence-corrected chi connectivity index (χ4v) is 1.84. The summed E-state index contributed by atoms with van der Waals surface area (Å²) in [5.41, 5.74) is 3.56. The third-order valence-corrected chi connectivity index (χ3v) is 2.82. The first-order chi connectivity index (χ1) is 8.70. The van der Waals surface area contributed by atoms with Crippen molar-refractivity contribution in [1.29, 1.82) is 5.26 Å². The molecule has 0 N–H and O–H groups in total. The van der Waals surface area contributed by atoms with Crippen LogP contribution >= 0.6 is 0 Å². The Labute approximate surface area is 103 Å². The van der Waals surface area contributed by atoms with Gasteiger partial charge in [0.25, 0.3) is 0 Å². The van der Waals surface area contributed by atoms with Crippen LogP contribution in [0.4, 0.5) is 5.69 Å². The highest BCUT2D eigenvalue weighted by Gasteiger charge is 2.10. The second-order valence-electron chi connectivity index (χ2n) is 4.17. The Morgan fingerprint density at radius 1 is 1.28 bits per heavy atom. The minimum Gasteiger partial charge on any atom is -0.378 e. The van der Waals surface area contributed by atoms with E-state index in [2.05, 4.69) is 21.4 Å². The Hall–Kier alpha value is -2.68. The molecule has 0 saturated carbocycles. The van der Waals surface area contributed by atoms with Crippen molar-refractivity contribution < 1.29 is 0 Å². The molecule has 0 radical (unpaired) electrons. The van der Waals surface area contributed by atoms with Crippen molar-refractivity contribution in [3.8, 4) is 6.07 Å². The number of rotatable bonds is 1. The molecule has 0 atom stereocenters. The number of benzene rings is 1. The molecule has 0 amide bonds. The summed E-state index contributed by atoms with van der Waals surface area (Å²) in [6.07, 6.45) is 1.51. The molecule has 3 rings (SSSR count). The Kier molecular flexibility index (Phi) is 2.13. The van der Waals surface area contributed by atoms with Gasteiger partial charge in [-0.15, -0.1) is 10.2 Å². The van der Waals surface area contributed by atoms with Crippen molar-refractivity contribution >= 4 is 22.4 Å². The maximum Gasteiger partial charge on any atom is 0.195 e. The van der Waals surface area contributed by atoms with Crippen LogP contribution in [0.25, 0.3) is 16.7 Å². The summed E-state index contributed by atoms with van der Waals surface area (Å²) < 4.78 is 1.65. The number of aromatic nitrogens is 4. The SMILES string of the molecule is CN(C)c1ccc2nnc3c(C#N)cnn3c2c1. The highest BCUT2D eigenvalue weighted by Crippen LogP contribution is 2.20. The second-order valence-corrected chi connectivity index (χ2v) is 4.17. The van der Waals surface area contributed by atoms with Crippen LogP contribution in [0.1, 0.15) is 5.56 Å². The van der Waals surface area contributed by atoms with Gasteiger partial charge < -0.3 is 4.90 Å². The molecule has 0 unspecified atom stereocenters. The number of hydrogen-bond donors (Lipinski definition) is 0. The Morgan fingerprint density at radius 2 is 2.11 bits per heavy atom. The monoisotopic (exact) mass is 238 g/mol. The van der Waals surface area contributed by atoms with Crippen LogP contribution in [0.3, 0.4) is 0 Å². The van der Waals surface area contributed by atoms with Gasteiger partial charge in [0.15, 0.2) is 5.65 Å². The van der Waals surface area contributed by atoms with E-state index < -0.39 is 0 Å². The normalized spacial score (nSPS) is 10.7. The first-order valence-corrected chi connectivity index (χ1v) is 5.42. The highest BCUT2D eigenvalue weighted by atomic mass is 15.3. The first kappa shape index (κ1) is 10.5. The number of nitriles is 1. The fraction of sp³-hybridized carbons (Fsp3) is 0.167. The molecule has 0 saturated heterocycles. The van der Waals surface area contributed by atoms with Gasteiger partial charge in [-0.2, -0.15) is 10.4 Å². The molecule has 0 spiro atoms. The van der Waals surface area contributed by atoms with Gasteiger partial charge in [-0.1, -0.05) is 0 Å². The summed E-state index contributed by atoms with van der Waals surface area (Å²) in [5, 5.41) is 21.3. The van der Waals surface area contributed by atoms with E-state index in [1.807, 2.05) is 37.2 Å². The molecular weight excluding hydrogens is 228 g/mol. The molecule has 0 aliphatic rings. The quantitative estimate of drug-likeness (QED) is 0.637. The third-order valence-electron chi connectivity index (χ3n) is 2.82. The molecule has 0 bridgehead atoms. The van der Waals surface area contributed by atoms with Gasteiger partial charge >= 0.3 is 0 Å². The summed E-state index contributed by atoms with van der Waals surface area (Å²) in [5.74, 6) is 0. The van der Waals surface area contributed by atoms with Gasteiger partial charge in [0.1, 0.15) is 17.1 Å². The van der Waals surface area contributed by atoms with Gasteiger partial charge in [0.2, 0.25) is 0 Å². The van der Waals surface area contributed by atoms with E-state index in [9.17, 15) is 0 Å². The molecule has 0 aliphatic heterocycles. The smallest absolute Gasteiger partial charge is 0.195 e.